The van der Waals surface area contributed by atoms with Gasteiger partial charge in [-0.1, -0.05) is 32.0 Å². The number of benzene rings is 1. The first-order valence-electron chi connectivity index (χ1n) is 11.6. The summed E-state index contributed by atoms with van der Waals surface area (Å²) in [5.41, 5.74) is 2.11. The lowest BCUT2D eigenvalue weighted by molar-refractivity contribution is -0.132. The highest BCUT2D eigenvalue weighted by Crippen LogP contribution is 2.22. The smallest absolute Gasteiger partial charge is 0.273 e. The van der Waals surface area contributed by atoms with Crippen LogP contribution in [0.15, 0.2) is 54.0 Å². The van der Waals surface area contributed by atoms with Crippen molar-refractivity contribution in [3.8, 4) is 5.75 Å². The van der Waals surface area contributed by atoms with E-state index >= 15 is 0 Å². The molecular formula is C26H30N4O4S. The van der Waals surface area contributed by atoms with E-state index in [0.717, 1.165) is 22.0 Å². The second-order valence-electron chi connectivity index (χ2n) is 8.79. The first kappa shape index (κ1) is 24.8. The van der Waals surface area contributed by atoms with Crippen LogP contribution in [0.4, 0.5) is 0 Å². The van der Waals surface area contributed by atoms with Crippen molar-refractivity contribution >= 4 is 23.2 Å². The van der Waals surface area contributed by atoms with Crippen molar-refractivity contribution in [3.63, 3.8) is 0 Å². The molecule has 0 N–H and O–H groups in total. The summed E-state index contributed by atoms with van der Waals surface area (Å²) >= 11 is 1.46. The minimum Gasteiger partial charge on any atom is -0.497 e. The van der Waals surface area contributed by atoms with E-state index in [2.05, 4.69) is 9.97 Å². The summed E-state index contributed by atoms with van der Waals surface area (Å²) in [6, 6.07) is 13.3. The zero-order valence-electron chi connectivity index (χ0n) is 20.2. The molecule has 1 atom stereocenters. The van der Waals surface area contributed by atoms with Gasteiger partial charge in [0, 0.05) is 30.6 Å². The first-order chi connectivity index (χ1) is 16.9. The third kappa shape index (κ3) is 6.43. The second-order valence-corrected chi connectivity index (χ2v) is 9.68. The maximum Gasteiger partial charge on any atom is 0.273 e. The van der Waals surface area contributed by atoms with Gasteiger partial charge in [0.1, 0.15) is 18.0 Å². The molecule has 1 saturated heterocycles. The number of hydrogen-bond donors (Lipinski definition) is 0. The molecule has 8 nitrogen and oxygen atoms in total. The Labute approximate surface area is 209 Å². The fourth-order valence-electron chi connectivity index (χ4n) is 3.87. The molecule has 1 fully saturated rings. The molecule has 1 aliphatic heterocycles. The summed E-state index contributed by atoms with van der Waals surface area (Å²) in [5, 5.41) is 2.67. The number of rotatable bonds is 8. The molecule has 3 aromatic rings. The Morgan fingerprint density at radius 2 is 2.06 bits per heavy atom. The molecule has 2 aromatic heterocycles. The summed E-state index contributed by atoms with van der Waals surface area (Å²) in [5.74, 6) is 0.590. The van der Waals surface area contributed by atoms with Crippen LogP contribution in [0.2, 0.25) is 0 Å². The maximum absolute atomic E-state index is 13.3. The monoisotopic (exact) mass is 494 g/mol. The number of methoxy groups -OCH3 is 1. The van der Waals surface area contributed by atoms with Gasteiger partial charge in [0.05, 0.1) is 37.1 Å². The van der Waals surface area contributed by atoms with Gasteiger partial charge < -0.3 is 19.3 Å². The molecule has 2 amide bonds. The van der Waals surface area contributed by atoms with Crippen LogP contribution in [0.25, 0.3) is 0 Å². The molecular weight excluding hydrogens is 464 g/mol. The van der Waals surface area contributed by atoms with E-state index in [4.69, 9.17) is 9.47 Å². The number of amides is 2. The van der Waals surface area contributed by atoms with Gasteiger partial charge in [0.2, 0.25) is 5.91 Å². The van der Waals surface area contributed by atoms with E-state index in [0.29, 0.717) is 31.9 Å². The van der Waals surface area contributed by atoms with Gasteiger partial charge in [0.15, 0.2) is 0 Å². The zero-order valence-corrected chi connectivity index (χ0v) is 21.0. The van der Waals surface area contributed by atoms with Gasteiger partial charge in [-0.2, -0.15) is 0 Å². The molecule has 0 spiro atoms. The standard InChI is InChI=1S/C26H30N4O4S/c1-18(2)25-28-23(17-35-25)26(32)30-14-22(34-16-19-7-6-9-21(11-19)33-3)13-29(24(31)15-30)12-20-8-4-5-10-27-20/h4-11,17-18,22H,12-16H2,1-3H3/t22-/m1/s1. The molecule has 4 rings (SSSR count). The van der Waals surface area contributed by atoms with E-state index in [1.165, 1.54) is 11.3 Å². The third-order valence-electron chi connectivity index (χ3n) is 5.75. The molecule has 9 heteroatoms. The van der Waals surface area contributed by atoms with Crippen molar-refractivity contribution in [2.75, 3.05) is 26.7 Å². The first-order valence-corrected chi connectivity index (χ1v) is 12.5. The number of carbonyl (C=O) groups excluding carboxylic acids is 2. The summed E-state index contributed by atoms with van der Waals surface area (Å²) in [6.07, 6.45) is 1.34. The van der Waals surface area contributed by atoms with Crippen molar-refractivity contribution in [2.45, 2.75) is 39.0 Å². The second kappa shape index (κ2) is 11.4. The predicted octanol–water partition coefficient (Wildman–Crippen LogP) is 3.74. The van der Waals surface area contributed by atoms with Crippen LogP contribution in [0.1, 0.15) is 46.5 Å². The number of pyridine rings is 1. The largest absolute Gasteiger partial charge is 0.497 e. The SMILES string of the molecule is COc1cccc(CO[C@@H]2CN(Cc3ccccn3)C(=O)CN(C(=O)c3csc(C(C)C)n3)C2)c1. The Morgan fingerprint density at radius 1 is 1.20 bits per heavy atom. The van der Waals surface area contributed by atoms with Crippen LogP contribution in [0.3, 0.4) is 0 Å². The summed E-state index contributed by atoms with van der Waals surface area (Å²) < 4.78 is 11.5. The molecule has 0 radical (unpaired) electrons. The molecule has 0 aliphatic carbocycles. The Balaban J connectivity index is 1.53. The summed E-state index contributed by atoms with van der Waals surface area (Å²) in [7, 11) is 1.62. The van der Waals surface area contributed by atoms with Gasteiger partial charge in [-0.15, -0.1) is 11.3 Å². The topological polar surface area (TPSA) is 84.9 Å². The molecule has 184 valence electrons. The lowest BCUT2D eigenvalue weighted by atomic mass is 10.2. The van der Waals surface area contributed by atoms with E-state index in [9.17, 15) is 9.59 Å². The number of carbonyl (C=O) groups is 2. The van der Waals surface area contributed by atoms with Crippen LogP contribution < -0.4 is 4.74 Å². The lowest BCUT2D eigenvalue weighted by Gasteiger charge is -2.24. The molecule has 1 aliphatic rings. The Kier molecular flexibility index (Phi) is 8.09. The van der Waals surface area contributed by atoms with Crippen molar-refractivity contribution in [3.05, 3.63) is 76.0 Å². The van der Waals surface area contributed by atoms with E-state index in [1.54, 1.807) is 28.5 Å². The third-order valence-corrected chi connectivity index (χ3v) is 6.89. The van der Waals surface area contributed by atoms with Crippen molar-refractivity contribution in [1.29, 1.82) is 0 Å². The van der Waals surface area contributed by atoms with Crippen molar-refractivity contribution in [2.24, 2.45) is 0 Å². The Morgan fingerprint density at radius 3 is 2.77 bits per heavy atom. The normalized spacial score (nSPS) is 16.5. The fourth-order valence-corrected chi connectivity index (χ4v) is 4.68. The molecule has 1 aromatic carbocycles. The van der Waals surface area contributed by atoms with Crippen LogP contribution in [-0.4, -0.2) is 64.4 Å². The zero-order chi connectivity index (χ0) is 24.8. The van der Waals surface area contributed by atoms with Gasteiger partial charge >= 0.3 is 0 Å². The summed E-state index contributed by atoms with van der Waals surface area (Å²) in [4.78, 5) is 38.6. The summed E-state index contributed by atoms with van der Waals surface area (Å²) in [6.45, 7) is 5.40. The average molecular weight is 495 g/mol. The fraction of sp³-hybridized carbons (Fsp3) is 0.385. The van der Waals surface area contributed by atoms with Crippen LogP contribution in [-0.2, 0) is 22.7 Å². The van der Waals surface area contributed by atoms with E-state index < -0.39 is 0 Å². The molecule has 3 heterocycles. The molecule has 35 heavy (non-hydrogen) atoms. The van der Waals surface area contributed by atoms with Crippen molar-refractivity contribution in [1.82, 2.24) is 19.8 Å². The van der Waals surface area contributed by atoms with Crippen LogP contribution in [0, 0.1) is 0 Å². The predicted molar refractivity (Wildman–Crippen MR) is 133 cm³/mol. The molecule has 0 bridgehead atoms. The highest BCUT2D eigenvalue weighted by molar-refractivity contribution is 7.09. The number of nitrogens with zero attached hydrogens (tertiary/aromatic N) is 4. The minimum absolute atomic E-state index is 0.0285. The number of hydrogen-bond acceptors (Lipinski definition) is 7. The maximum atomic E-state index is 13.3. The molecule has 0 unspecified atom stereocenters. The lowest BCUT2D eigenvalue weighted by Crippen LogP contribution is -2.39. The Hall–Kier alpha value is -3.30. The van der Waals surface area contributed by atoms with Crippen LogP contribution in [0.5, 0.6) is 5.75 Å². The highest BCUT2D eigenvalue weighted by atomic mass is 32.1. The van der Waals surface area contributed by atoms with Gasteiger partial charge in [-0.05, 0) is 29.8 Å². The number of thiazole rings is 1. The van der Waals surface area contributed by atoms with Gasteiger partial charge in [0.25, 0.3) is 5.91 Å². The highest BCUT2D eigenvalue weighted by Gasteiger charge is 2.32. The van der Waals surface area contributed by atoms with E-state index in [1.807, 2.05) is 56.3 Å². The van der Waals surface area contributed by atoms with E-state index in [-0.39, 0.29) is 30.4 Å². The number of aromatic nitrogens is 2. The quantitative estimate of drug-likeness (QED) is 0.474. The van der Waals surface area contributed by atoms with Crippen LogP contribution >= 0.6 is 11.3 Å². The average Bonchev–Trinajstić information content (AvgIpc) is 3.31. The minimum atomic E-state index is -0.372. The van der Waals surface area contributed by atoms with Gasteiger partial charge in [-0.25, -0.2) is 4.98 Å². The van der Waals surface area contributed by atoms with Crippen molar-refractivity contribution < 1.29 is 19.1 Å². The Bertz CT molecular complexity index is 1150. The molecule has 0 saturated carbocycles. The van der Waals surface area contributed by atoms with Gasteiger partial charge in [-0.3, -0.25) is 14.6 Å². The number of ether oxygens (including phenoxy) is 2.